The third-order valence-electron chi connectivity index (χ3n) is 15.3. The lowest BCUT2D eigenvalue weighted by Gasteiger charge is -2.36. The number of carbonyl (C=O) groups excluding carboxylic acids is 5. The number of aliphatic hydroxyl groups excluding tert-OH is 1. The number of H-pyrrole nitrogens is 1. The van der Waals surface area contributed by atoms with Crippen molar-refractivity contribution in [3.05, 3.63) is 116 Å². The van der Waals surface area contributed by atoms with Crippen molar-refractivity contribution in [2.24, 2.45) is 17.1 Å². The van der Waals surface area contributed by atoms with Crippen molar-refractivity contribution < 1.29 is 29.1 Å². The molecular formula is C59H76N12O7S. The predicted molar refractivity (Wildman–Crippen MR) is 307 cm³/mol. The van der Waals surface area contributed by atoms with Gasteiger partial charge in [-0.3, -0.25) is 38.3 Å². The summed E-state index contributed by atoms with van der Waals surface area (Å²) >= 11 is 1.57. The number of aromatic amines is 1. The van der Waals surface area contributed by atoms with Crippen LogP contribution in [0, 0.1) is 32.1 Å². The number of hydrogen-bond donors (Lipinski definition) is 6. The Morgan fingerprint density at radius 3 is 2.25 bits per heavy atom. The van der Waals surface area contributed by atoms with Gasteiger partial charge in [0.15, 0.2) is 0 Å². The second-order valence-electron chi connectivity index (χ2n) is 22.6. The zero-order valence-electron chi connectivity index (χ0n) is 46.7. The van der Waals surface area contributed by atoms with Crippen molar-refractivity contribution in [1.29, 1.82) is 0 Å². The molecule has 19 nitrogen and oxygen atoms in total. The maximum atomic E-state index is 14.2. The average Bonchev–Trinajstić information content (AvgIpc) is 4.31. The van der Waals surface area contributed by atoms with E-state index < -0.39 is 29.5 Å². The highest BCUT2D eigenvalue weighted by Crippen LogP contribution is 2.32. The topological polar surface area (TPSA) is 254 Å². The van der Waals surface area contributed by atoms with Gasteiger partial charge < -0.3 is 41.6 Å². The Balaban J connectivity index is 0.787. The number of anilines is 1. The van der Waals surface area contributed by atoms with E-state index in [1.165, 1.54) is 4.90 Å². The van der Waals surface area contributed by atoms with Gasteiger partial charge in [0.05, 0.1) is 39.5 Å². The molecule has 7 N–H and O–H groups in total. The fourth-order valence-electron chi connectivity index (χ4n) is 10.7. The smallest absolute Gasteiger partial charge is 0.253 e. The summed E-state index contributed by atoms with van der Waals surface area (Å²) < 4.78 is 1.89. The Kier molecular flexibility index (Phi) is 18.5. The van der Waals surface area contributed by atoms with Crippen LogP contribution in [0.15, 0.2) is 77.3 Å². The Hall–Kier alpha value is -7.29. The van der Waals surface area contributed by atoms with Crippen molar-refractivity contribution in [1.82, 2.24) is 50.5 Å². The van der Waals surface area contributed by atoms with E-state index in [2.05, 4.69) is 40.8 Å². The summed E-state index contributed by atoms with van der Waals surface area (Å²) in [6.45, 7) is 19.3. The van der Waals surface area contributed by atoms with E-state index >= 15 is 0 Å². The number of likely N-dealkylation sites (tertiary alicyclic amines) is 1. The van der Waals surface area contributed by atoms with Crippen LogP contribution in [0.5, 0.6) is 0 Å². The lowest BCUT2D eigenvalue weighted by Crippen LogP contribution is -2.57. The van der Waals surface area contributed by atoms with E-state index in [0.29, 0.717) is 48.7 Å². The number of unbranched alkanes of at least 4 members (excludes halogenated alkanes) is 1. The molecule has 2 fully saturated rings. The summed E-state index contributed by atoms with van der Waals surface area (Å²) in [6.07, 6.45) is 5.11. The molecule has 1 unspecified atom stereocenters. The molecule has 0 aliphatic carbocycles. The van der Waals surface area contributed by atoms with Gasteiger partial charge >= 0.3 is 0 Å². The molecule has 2 aromatic carbocycles. The number of carbonyl (C=O) groups is 5. The zero-order valence-corrected chi connectivity index (χ0v) is 47.5. The Labute approximate surface area is 465 Å². The van der Waals surface area contributed by atoms with Crippen molar-refractivity contribution in [2.75, 3.05) is 44.2 Å². The van der Waals surface area contributed by atoms with Gasteiger partial charge in [0.1, 0.15) is 17.9 Å². The number of pyridine rings is 2. The molecule has 79 heavy (non-hydrogen) atoms. The molecule has 2 aliphatic rings. The quantitative estimate of drug-likeness (QED) is 0.0433. The van der Waals surface area contributed by atoms with Gasteiger partial charge in [-0.25, -0.2) is 9.97 Å². The normalized spacial score (nSPS) is 16.8. The van der Waals surface area contributed by atoms with Gasteiger partial charge in [-0.05, 0) is 118 Å². The molecule has 6 heterocycles. The first-order valence-corrected chi connectivity index (χ1v) is 28.3. The van der Waals surface area contributed by atoms with E-state index in [0.717, 1.165) is 81.6 Å². The first-order valence-electron chi connectivity index (χ1n) is 27.4. The third kappa shape index (κ3) is 14.1. The molecule has 5 amide bonds. The highest BCUT2D eigenvalue weighted by atomic mass is 32.1. The van der Waals surface area contributed by atoms with Crippen LogP contribution < -0.4 is 32.1 Å². The molecule has 0 saturated carbocycles. The van der Waals surface area contributed by atoms with E-state index in [9.17, 15) is 33.9 Å². The second-order valence-corrected chi connectivity index (χ2v) is 23.4. The number of rotatable bonds is 21. The minimum atomic E-state index is -0.940. The number of β-amino-alcohol motifs (C(OH)–C–C–N with tert-alkyl or cyclic N) is 1. The lowest BCUT2D eigenvalue weighted by molar-refractivity contribution is -0.144. The van der Waals surface area contributed by atoms with Gasteiger partial charge in [-0.2, -0.15) is 5.10 Å². The molecular weight excluding hydrogens is 1020 g/mol. The Morgan fingerprint density at radius 2 is 1.61 bits per heavy atom. The van der Waals surface area contributed by atoms with Crippen molar-refractivity contribution >= 4 is 57.6 Å². The highest BCUT2D eigenvalue weighted by molar-refractivity contribution is 7.13. The number of thiazole rings is 1. The first kappa shape index (κ1) is 57.9. The number of nitrogens with one attached hydrogen (secondary N) is 4. The van der Waals surface area contributed by atoms with Crippen LogP contribution in [-0.4, -0.2) is 127 Å². The number of benzene rings is 2. The van der Waals surface area contributed by atoms with Crippen LogP contribution in [0.1, 0.15) is 118 Å². The van der Waals surface area contributed by atoms with E-state index in [4.69, 9.17) is 10.7 Å². The molecule has 4 aromatic heterocycles. The number of aryl methyl sites for hydroxylation is 3. The molecule has 8 rings (SSSR count). The SMILES string of the molecule is Cc1cc(C)c(CNC(=O)c2cc(-c3ccc(N4CCN(CCC(CCCCC(=O)N[C@H](C(=O)N5C[C@H](O)C[C@H]5C(=O)NCc5ccc(-c6scnc6C)cc5)C(C)(C)C)C(N)=O)CC4)nc3)cc3c2cnn3C(C)C)c(=O)[nH]1. The van der Waals surface area contributed by atoms with Gasteiger partial charge in [0.25, 0.3) is 11.5 Å². The van der Waals surface area contributed by atoms with Gasteiger partial charge in [0, 0.05) is 99.0 Å². The lowest BCUT2D eigenvalue weighted by atomic mass is 9.85. The number of nitrogens with zero attached hydrogens (tertiary/aromatic N) is 7. The van der Waals surface area contributed by atoms with Gasteiger partial charge in [0.2, 0.25) is 23.6 Å². The molecule has 4 atom stereocenters. The van der Waals surface area contributed by atoms with E-state index in [1.54, 1.807) is 17.5 Å². The summed E-state index contributed by atoms with van der Waals surface area (Å²) in [4.78, 5) is 99.4. The van der Waals surface area contributed by atoms with Crippen LogP contribution in [0.25, 0.3) is 32.5 Å². The number of primary amides is 1. The van der Waals surface area contributed by atoms with Crippen LogP contribution in [0.4, 0.5) is 5.82 Å². The summed E-state index contributed by atoms with van der Waals surface area (Å²) in [5.41, 5.74) is 14.7. The standard InChI is InChI=1S/C59H76N12O7S/c1-35(2)71-48-27-43(26-45(47(48)32-65-71)55(75)63-31-46-36(3)25-37(4)66-56(46)76)42-17-18-50(61-30-42)69-23-21-68(22-24-69)20-19-41(54(60)74)11-9-10-12-51(73)67-53(59(6,7)8)58(78)70-33-44(72)28-49(70)57(77)62-29-39-13-15-40(16-14-39)52-38(5)64-34-79-52/h13-18,25-27,30,32,34-35,41,44,49,53,72H,9-12,19-24,28-29,31,33H2,1-8H3,(H2,60,74)(H,62,77)(H,63,75)(H,66,76)(H,67,73)/t41?,44-,49+,53-/m1/s1. The third-order valence-corrected chi connectivity index (χ3v) is 16.2. The summed E-state index contributed by atoms with van der Waals surface area (Å²) in [7, 11) is 0. The van der Waals surface area contributed by atoms with Crippen LogP contribution in [-0.2, 0) is 32.3 Å². The number of hydrogen-bond acceptors (Lipinski definition) is 13. The Morgan fingerprint density at radius 1 is 0.873 bits per heavy atom. The number of aromatic nitrogens is 5. The molecule has 0 radical (unpaired) electrons. The highest BCUT2D eigenvalue weighted by Gasteiger charge is 2.44. The van der Waals surface area contributed by atoms with Crippen LogP contribution in [0.2, 0.25) is 0 Å². The zero-order chi connectivity index (χ0) is 56.7. The van der Waals surface area contributed by atoms with Crippen molar-refractivity contribution in [3.8, 4) is 21.6 Å². The summed E-state index contributed by atoms with van der Waals surface area (Å²) in [5, 5.41) is 24.8. The second kappa shape index (κ2) is 25.2. The van der Waals surface area contributed by atoms with E-state index in [-0.39, 0.29) is 73.6 Å². The average molecular weight is 1100 g/mol. The molecule has 20 heteroatoms. The Bertz CT molecular complexity index is 3210. The maximum absolute atomic E-state index is 14.2. The van der Waals surface area contributed by atoms with Crippen molar-refractivity contribution in [2.45, 2.75) is 131 Å². The maximum Gasteiger partial charge on any atom is 0.253 e. The fraction of sp³-hybridized carbons (Fsp3) is 0.475. The largest absolute Gasteiger partial charge is 0.391 e. The molecule has 0 bridgehead atoms. The van der Waals surface area contributed by atoms with E-state index in [1.807, 2.05) is 126 Å². The van der Waals surface area contributed by atoms with Gasteiger partial charge in [-0.15, -0.1) is 11.3 Å². The monoisotopic (exact) mass is 1100 g/mol. The summed E-state index contributed by atoms with van der Waals surface area (Å²) in [5.74, 6) is -1.29. The minimum Gasteiger partial charge on any atom is -0.391 e. The van der Waals surface area contributed by atoms with Crippen molar-refractivity contribution in [3.63, 3.8) is 0 Å². The fourth-order valence-corrected chi connectivity index (χ4v) is 11.5. The number of piperazine rings is 1. The molecule has 6 aromatic rings. The molecule has 420 valence electrons. The van der Waals surface area contributed by atoms with Gasteiger partial charge in [-0.1, -0.05) is 51.5 Å². The summed E-state index contributed by atoms with van der Waals surface area (Å²) in [6, 6.07) is 15.9. The minimum absolute atomic E-state index is 0.0161. The number of amides is 5. The molecule has 0 spiro atoms. The van der Waals surface area contributed by atoms with Crippen LogP contribution >= 0.6 is 11.3 Å². The molecule has 2 aliphatic heterocycles. The number of fused-ring (bicyclic) bond motifs is 1. The molecule has 2 saturated heterocycles. The van der Waals surface area contributed by atoms with Crippen LogP contribution in [0.3, 0.4) is 0 Å². The first-order chi connectivity index (χ1) is 37.6. The number of nitrogens with two attached hydrogens (primary N) is 1. The number of aliphatic hydroxyl groups is 1. The predicted octanol–water partition coefficient (Wildman–Crippen LogP) is 6.33.